The summed E-state index contributed by atoms with van der Waals surface area (Å²) in [5.41, 5.74) is 7.03. The average molecular weight is 326 g/mol. The van der Waals surface area contributed by atoms with E-state index in [9.17, 15) is 4.79 Å². The van der Waals surface area contributed by atoms with Gasteiger partial charge in [-0.2, -0.15) is 11.8 Å². The molecule has 0 heterocycles. The van der Waals surface area contributed by atoms with E-state index < -0.39 is 0 Å². The van der Waals surface area contributed by atoms with Gasteiger partial charge in [0.15, 0.2) is 0 Å². The van der Waals surface area contributed by atoms with Crippen molar-refractivity contribution in [3.8, 4) is 0 Å². The molecule has 0 aliphatic carbocycles. The van der Waals surface area contributed by atoms with E-state index in [1.807, 2.05) is 43.1 Å². The zero-order valence-electron chi connectivity index (χ0n) is 12.8. The molecule has 6 heteroatoms. The van der Waals surface area contributed by atoms with E-state index in [4.69, 9.17) is 18.0 Å². The molecule has 0 aliphatic heterocycles. The number of para-hydroxylation sites is 1. The highest BCUT2D eigenvalue weighted by Crippen LogP contribution is 2.15. The standard InChI is InChI=1S/C15H23N3OS2/c1-11(10-21-3)18(2)9-8-14(19)17-13-7-5-4-6-12(13)15(16)20/h4-7,11H,8-10H2,1-3H3,(H2,16,20)(H,17,19). The molecule has 1 unspecified atom stereocenters. The third-order valence-electron chi connectivity index (χ3n) is 3.32. The van der Waals surface area contributed by atoms with E-state index in [0.29, 0.717) is 23.7 Å². The van der Waals surface area contributed by atoms with Crippen molar-refractivity contribution in [1.82, 2.24) is 4.90 Å². The maximum Gasteiger partial charge on any atom is 0.225 e. The zero-order chi connectivity index (χ0) is 15.8. The van der Waals surface area contributed by atoms with Gasteiger partial charge >= 0.3 is 0 Å². The molecule has 3 N–H and O–H groups in total. The normalized spacial score (nSPS) is 12.2. The lowest BCUT2D eigenvalue weighted by molar-refractivity contribution is -0.116. The Labute approximate surface area is 136 Å². The maximum absolute atomic E-state index is 12.0. The molecule has 0 radical (unpaired) electrons. The summed E-state index contributed by atoms with van der Waals surface area (Å²) >= 11 is 6.80. The Kier molecular flexibility index (Phi) is 7.71. The van der Waals surface area contributed by atoms with Gasteiger partial charge in [-0.3, -0.25) is 4.79 Å². The Morgan fingerprint density at radius 1 is 1.48 bits per heavy atom. The minimum Gasteiger partial charge on any atom is -0.389 e. The van der Waals surface area contributed by atoms with E-state index in [-0.39, 0.29) is 10.9 Å². The maximum atomic E-state index is 12.0. The number of nitrogens with zero attached hydrogens (tertiary/aromatic N) is 1. The molecule has 116 valence electrons. The topological polar surface area (TPSA) is 58.4 Å². The van der Waals surface area contributed by atoms with Crippen LogP contribution in [0.4, 0.5) is 5.69 Å². The van der Waals surface area contributed by atoms with Crippen LogP contribution in [0.15, 0.2) is 24.3 Å². The number of amides is 1. The van der Waals surface area contributed by atoms with Crippen molar-refractivity contribution in [1.29, 1.82) is 0 Å². The summed E-state index contributed by atoms with van der Waals surface area (Å²) in [4.78, 5) is 14.5. The van der Waals surface area contributed by atoms with Crippen LogP contribution >= 0.6 is 24.0 Å². The number of nitrogens with one attached hydrogen (secondary N) is 1. The van der Waals surface area contributed by atoms with Gasteiger partial charge in [-0.25, -0.2) is 0 Å². The molecule has 0 bridgehead atoms. The summed E-state index contributed by atoms with van der Waals surface area (Å²) in [6.45, 7) is 2.89. The van der Waals surface area contributed by atoms with Crippen LogP contribution in [0.25, 0.3) is 0 Å². The Morgan fingerprint density at radius 2 is 2.14 bits per heavy atom. The first kappa shape index (κ1) is 17.9. The monoisotopic (exact) mass is 325 g/mol. The van der Waals surface area contributed by atoms with Crippen LogP contribution in [0.1, 0.15) is 18.9 Å². The van der Waals surface area contributed by atoms with Crippen LogP contribution in [0.3, 0.4) is 0 Å². The molecular weight excluding hydrogens is 302 g/mol. The smallest absolute Gasteiger partial charge is 0.225 e. The summed E-state index contributed by atoms with van der Waals surface area (Å²) in [6, 6.07) is 7.78. The quantitative estimate of drug-likeness (QED) is 0.719. The highest BCUT2D eigenvalue weighted by molar-refractivity contribution is 7.98. The number of nitrogens with two attached hydrogens (primary N) is 1. The van der Waals surface area contributed by atoms with Gasteiger partial charge < -0.3 is 16.0 Å². The minimum absolute atomic E-state index is 0.0260. The van der Waals surface area contributed by atoms with Crippen molar-refractivity contribution >= 4 is 40.6 Å². The molecule has 0 aromatic heterocycles. The fraction of sp³-hybridized carbons (Fsp3) is 0.467. The highest BCUT2D eigenvalue weighted by atomic mass is 32.2. The summed E-state index contributed by atoms with van der Waals surface area (Å²) in [7, 11) is 2.04. The molecule has 1 aromatic rings. The molecule has 1 amide bonds. The van der Waals surface area contributed by atoms with E-state index in [1.165, 1.54) is 0 Å². The summed E-state index contributed by atoms with van der Waals surface area (Å²) in [5, 5.41) is 2.88. The first-order valence-corrected chi connectivity index (χ1v) is 8.63. The number of carbonyl (C=O) groups excluding carboxylic acids is 1. The van der Waals surface area contributed by atoms with Gasteiger partial charge in [0, 0.05) is 30.3 Å². The van der Waals surface area contributed by atoms with Gasteiger partial charge in [0.2, 0.25) is 5.91 Å². The number of hydrogen-bond donors (Lipinski definition) is 2. The first-order valence-electron chi connectivity index (χ1n) is 6.83. The lowest BCUT2D eigenvalue weighted by Crippen LogP contribution is -2.33. The number of thiocarbonyl (C=S) groups is 1. The van der Waals surface area contributed by atoms with Crippen LogP contribution in [0.2, 0.25) is 0 Å². The average Bonchev–Trinajstić information content (AvgIpc) is 2.45. The number of hydrogen-bond acceptors (Lipinski definition) is 4. The Hall–Kier alpha value is -1.11. The molecule has 4 nitrogen and oxygen atoms in total. The molecule has 0 aliphatic rings. The minimum atomic E-state index is -0.0260. The van der Waals surface area contributed by atoms with Crippen molar-refractivity contribution in [2.24, 2.45) is 5.73 Å². The number of carbonyl (C=O) groups is 1. The largest absolute Gasteiger partial charge is 0.389 e. The summed E-state index contributed by atoms with van der Waals surface area (Å²) in [5.74, 6) is 1.03. The first-order chi connectivity index (χ1) is 9.95. The van der Waals surface area contributed by atoms with E-state index in [0.717, 1.165) is 12.3 Å². The highest BCUT2D eigenvalue weighted by Gasteiger charge is 2.12. The zero-order valence-corrected chi connectivity index (χ0v) is 14.4. The molecular formula is C15H23N3OS2. The van der Waals surface area contributed by atoms with Gasteiger partial charge in [0.25, 0.3) is 0 Å². The van der Waals surface area contributed by atoms with Crippen LogP contribution in [-0.2, 0) is 4.79 Å². The van der Waals surface area contributed by atoms with E-state index in [1.54, 1.807) is 0 Å². The summed E-state index contributed by atoms with van der Waals surface area (Å²) < 4.78 is 0. The molecule has 21 heavy (non-hydrogen) atoms. The van der Waals surface area contributed by atoms with Crippen LogP contribution < -0.4 is 11.1 Å². The number of benzene rings is 1. The van der Waals surface area contributed by atoms with Gasteiger partial charge in [-0.15, -0.1) is 0 Å². The molecule has 0 saturated heterocycles. The second kappa shape index (κ2) is 9.02. The second-order valence-electron chi connectivity index (χ2n) is 4.99. The van der Waals surface area contributed by atoms with Crippen molar-refractivity contribution in [2.75, 3.05) is 30.9 Å². The molecule has 0 spiro atoms. The Balaban J connectivity index is 2.53. The lowest BCUT2D eigenvalue weighted by Gasteiger charge is -2.23. The van der Waals surface area contributed by atoms with Crippen molar-refractivity contribution in [2.45, 2.75) is 19.4 Å². The number of rotatable bonds is 8. The fourth-order valence-corrected chi connectivity index (χ4v) is 2.80. The van der Waals surface area contributed by atoms with Crippen molar-refractivity contribution < 1.29 is 4.79 Å². The summed E-state index contributed by atoms with van der Waals surface area (Å²) in [6.07, 6.45) is 2.53. The van der Waals surface area contributed by atoms with E-state index in [2.05, 4.69) is 23.4 Å². The van der Waals surface area contributed by atoms with Crippen LogP contribution in [-0.4, -0.2) is 47.4 Å². The van der Waals surface area contributed by atoms with Gasteiger partial charge in [-0.05, 0) is 32.4 Å². The van der Waals surface area contributed by atoms with Crippen LogP contribution in [0.5, 0.6) is 0 Å². The fourth-order valence-electron chi connectivity index (χ4n) is 1.89. The van der Waals surface area contributed by atoms with Gasteiger partial charge in [0.1, 0.15) is 4.99 Å². The number of anilines is 1. The number of thioether (sulfide) groups is 1. The van der Waals surface area contributed by atoms with Gasteiger partial charge in [-0.1, -0.05) is 24.4 Å². The molecule has 1 rings (SSSR count). The second-order valence-corrected chi connectivity index (χ2v) is 6.34. The third kappa shape index (κ3) is 6.03. The Bertz CT molecular complexity index is 494. The van der Waals surface area contributed by atoms with Crippen molar-refractivity contribution in [3.63, 3.8) is 0 Å². The molecule has 1 atom stereocenters. The molecule has 0 fully saturated rings. The lowest BCUT2D eigenvalue weighted by atomic mass is 10.1. The Morgan fingerprint density at radius 3 is 2.76 bits per heavy atom. The molecule has 1 aromatic carbocycles. The van der Waals surface area contributed by atoms with Crippen LogP contribution in [0, 0.1) is 0 Å². The van der Waals surface area contributed by atoms with Crippen molar-refractivity contribution in [3.05, 3.63) is 29.8 Å². The predicted octanol–water partition coefficient (Wildman–Crippen LogP) is 2.33. The molecule has 0 saturated carbocycles. The third-order valence-corrected chi connectivity index (χ3v) is 4.35. The predicted molar refractivity (Wildman–Crippen MR) is 96.1 cm³/mol. The van der Waals surface area contributed by atoms with Gasteiger partial charge in [0.05, 0.1) is 5.69 Å². The van der Waals surface area contributed by atoms with E-state index >= 15 is 0 Å². The SMILES string of the molecule is CSCC(C)N(C)CCC(=O)Nc1ccccc1C(N)=S.